The Hall–Kier alpha value is -1.06. The molecular formula is C18H32O4. The minimum absolute atomic E-state index is 0.126. The van der Waals surface area contributed by atoms with Crippen LogP contribution in [0.3, 0.4) is 0 Å². The van der Waals surface area contributed by atoms with Crippen LogP contribution in [-0.4, -0.2) is 25.7 Å². The first-order chi connectivity index (χ1) is 10.5. The molecule has 0 bridgehead atoms. The van der Waals surface area contributed by atoms with Gasteiger partial charge in [-0.05, 0) is 31.6 Å². The zero-order valence-electron chi connectivity index (χ0n) is 14.4. The molecule has 1 rings (SSSR count). The highest BCUT2D eigenvalue weighted by Gasteiger charge is 2.32. The first-order valence-electron chi connectivity index (χ1n) is 8.79. The molecular weight excluding hydrogens is 280 g/mol. The summed E-state index contributed by atoms with van der Waals surface area (Å²) < 4.78 is 10.2. The lowest BCUT2D eigenvalue weighted by molar-refractivity contribution is -0.153. The molecule has 0 radical (unpaired) electrons. The van der Waals surface area contributed by atoms with E-state index in [9.17, 15) is 9.59 Å². The van der Waals surface area contributed by atoms with E-state index in [1.165, 1.54) is 26.4 Å². The van der Waals surface area contributed by atoms with E-state index in [0.717, 1.165) is 38.0 Å². The summed E-state index contributed by atoms with van der Waals surface area (Å²) in [6, 6.07) is 0. The number of carbonyl (C=O) groups is 2. The Kier molecular flexibility index (Phi) is 9.17. The zero-order valence-corrected chi connectivity index (χ0v) is 14.4. The number of rotatable bonds is 9. The lowest BCUT2D eigenvalue weighted by Gasteiger charge is -2.25. The summed E-state index contributed by atoms with van der Waals surface area (Å²) >= 11 is 0. The second kappa shape index (κ2) is 10.6. The second-order valence-corrected chi connectivity index (χ2v) is 6.85. The summed E-state index contributed by atoms with van der Waals surface area (Å²) in [5, 5.41) is 0. The van der Waals surface area contributed by atoms with Crippen LogP contribution in [0.2, 0.25) is 0 Å². The van der Waals surface area contributed by atoms with Gasteiger partial charge in [-0.15, -0.1) is 0 Å². The third-order valence-corrected chi connectivity index (χ3v) is 4.46. The summed E-state index contributed by atoms with van der Waals surface area (Å²) in [7, 11) is 1.41. The van der Waals surface area contributed by atoms with Crippen LogP contribution in [0.4, 0.5) is 0 Å². The van der Waals surface area contributed by atoms with E-state index in [1.807, 2.05) is 0 Å². The van der Waals surface area contributed by atoms with Gasteiger partial charge in [0.15, 0.2) is 0 Å². The van der Waals surface area contributed by atoms with Crippen LogP contribution in [0, 0.1) is 17.8 Å². The predicted octanol–water partition coefficient (Wildman–Crippen LogP) is 4.12. The average Bonchev–Trinajstić information content (AvgIpc) is 2.52. The number of hydrogen-bond donors (Lipinski definition) is 0. The molecule has 1 aliphatic rings. The molecule has 2 atom stereocenters. The van der Waals surface area contributed by atoms with Gasteiger partial charge in [-0.25, -0.2) is 0 Å². The lowest BCUT2D eigenvalue weighted by Crippen LogP contribution is -2.29. The van der Waals surface area contributed by atoms with Crippen molar-refractivity contribution in [3.05, 3.63) is 0 Å². The number of methoxy groups -OCH3 is 1. The largest absolute Gasteiger partial charge is 0.469 e. The fraction of sp³-hybridized carbons (Fsp3) is 0.889. The van der Waals surface area contributed by atoms with Crippen molar-refractivity contribution in [1.82, 2.24) is 0 Å². The van der Waals surface area contributed by atoms with Gasteiger partial charge in [0.2, 0.25) is 0 Å². The van der Waals surface area contributed by atoms with Crippen LogP contribution in [0.5, 0.6) is 0 Å². The summed E-state index contributed by atoms with van der Waals surface area (Å²) in [6.07, 6.45) is 8.95. The lowest BCUT2D eigenvalue weighted by atomic mass is 9.81. The van der Waals surface area contributed by atoms with Gasteiger partial charge in [-0.1, -0.05) is 46.0 Å². The number of hydrogen-bond acceptors (Lipinski definition) is 4. The number of esters is 2. The van der Waals surface area contributed by atoms with Crippen molar-refractivity contribution in [1.29, 1.82) is 0 Å². The molecule has 1 saturated carbocycles. The maximum absolute atomic E-state index is 12.1. The van der Waals surface area contributed by atoms with Gasteiger partial charge in [0.05, 0.1) is 25.6 Å². The minimum atomic E-state index is -0.192. The third kappa shape index (κ3) is 7.28. The van der Waals surface area contributed by atoms with E-state index in [2.05, 4.69) is 13.8 Å². The van der Waals surface area contributed by atoms with E-state index in [-0.39, 0.29) is 23.8 Å². The fourth-order valence-electron chi connectivity index (χ4n) is 3.08. The van der Waals surface area contributed by atoms with Crippen molar-refractivity contribution in [3.8, 4) is 0 Å². The molecule has 128 valence electrons. The van der Waals surface area contributed by atoms with Gasteiger partial charge in [-0.2, -0.15) is 0 Å². The summed E-state index contributed by atoms with van der Waals surface area (Å²) in [6.45, 7) is 5.00. The molecule has 0 aromatic carbocycles. The molecule has 0 aromatic rings. The Morgan fingerprint density at radius 1 is 1.00 bits per heavy atom. The van der Waals surface area contributed by atoms with Crippen LogP contribution in [0.1, 0.15) is 71.6 Å². The highest BCUT2D eigenvalue weighted by molar-refractivity contribution is 5.76. The first kappa shape index (κ1) is 19.0. The normalized spacial score (nSPS) is 21.6. The van der Waals surface area contributed by atoms with Crippen molar-refractivity contribution >= 4 is 11.9 Å². The molecule has 2 unspecified atom stereocenters. The Bertz CT molecular complexity index is 338. The van der Waals surface area contributed by atoms with Crippen molar-refractivity contribution in [2.75, 3.05) is 13.7 Å². The highest BCUT2D eigenvalue weighted by Crippen LogP contribution is 2.30. The molecule has 0 N–H and O–H groups in total. The summed E-state index contributed by atoms with van der Waals surface area (Å²) in [5.41, 5.74) is 0. The van der Waals surface area contributed by atoms with Gasteiger partial charge >= 0.3 is 11.9 Å². The molecule has 0 aliphatic heterocycles. The van der Waals surface area contributed by atoms with Crippen LogP contribution in [0.15, 0.2) is 0 Å². The Morgan fingerprint density at radius 2 is 1.64 bits per heavy atom. The zero-order chi connectivity index (χ0) is 16.4. The predicted molar refractivity (Wildman–Crippen MR) is 86.3 cm³/mol. The fourth-order valence-corrected chi connectivity index (χ4v) is 3.08. The van der Waals surface area contributed by atoms with Gasteiger partial charge < -0.3 is 9.47 Å². The number of carbonyl (C=O) groups excluding carboxylic acids is 2. The smallest absolute Gasteiger partial charge is 0.308 e. The van der Waals surface area contributed by atoms with Gasteiger partial charge in [0.25, 0.3) is 0 Å². The van der Waals surface area contributed by atoms with Gasteiger partial charge in [0.1, 0.15) is 0 Å². The van der Waals surface area contributed by atoms with E-state index in [4.69, 9.17) is 9.47 Å². The van der Waals surface area contributed by atoms with Crippen LogP contribution in [-0.2, 0) is 19.1 Å². The van der Waals surface area contributed by atoms with Crippen LogP contribution >= 0.6 is 0 Å². The maximum atomic E-state index is 12.1. The molecule has 1 fully saturated rings. The van der Waals surface area contributed by atoms with E-state index >= 15 is 0 Å². The molecule has 4 nitrogen and oxygen atoms in total. The molecule has 0 amide bonds. The topological polar surface area (TPSA) is 52.6 Å². The molecule has 0 spiro atoms. The molecule has 0 aromatic heterocycles. The van der Waals surface area contributed by atoms with E-state index in [1.54, 1.807) is 0 Å². The van der Waals surface area contributed by atoms with Crippen molar-refractivity contribution in [2.24, 2.45) is 17.8 Å². The molecule has 22 heavy (non-hydrogen) atoms. The first-order valence-corrected chi connectivity index (χ1v) is 8.79. The van der Waals surface area contributed by atoms with Crippen LogP contribution < -0.4 is 0 Å². The highest BCUT2D eigenvalue weighted by atomic mass is 16.5. The van der Waals surface area contributed by atoms with Crippen LogP contribution in [0.25, 0.3) is 0 Å². The number of ether oxygens (including phenoxy) is 2. The van der Waals surface area contributed by atoms with E-state index in [0.29, 0.717) is 13.0 Å². The van der Waals surface area contributed by atoms with Crippen molar-refractivity contribution < 1.29 is 19.1 Å². The summed E-state index contributed by atoms with van der Waals surface area (Å²) in [5.74, 6) is 0.191. The standard InChI is InChI=1S/C18H32O4/c1-14(2)9-6-4-5-7-12-22-18(20)16-11-8-10-15(13-16)17(19)21-3/h14-16H,4-13H2,1-3H3. The minimum Gasteiger partial charge on any atom is -0.469 e. The monoisotopic (exact) mass is 312 g/mol. The Balaban J connectivity index is 2.13. The third-order valence-electron chi connectivity index (χ3n) is 4.46. The molecule has 0 heterocycles. The van der Waals surface area contributed by atoms with Crippen molar-refractivity contribution in [2.45, 2.75) is 71.6 Å². The van der Waals surface area contributed by atoms with Gasteiger partial charge in [-0.3, -0.25) is 9.59 Å². The SMILES string of the molecule is COC(=O)C1CCCC(C(=O)OCCCCCCC(C)C)C1. The molecule has 0 saturated heterocycles. The second-order valence-electron chi connectivity index (χ2n) is 6.85. The quantitative estimate of drug-likeness (QED) is 0.475. The van der Waals surface area contributed by atoms with E-state index < -0.39 is 0 Å². The summed E-state index contributed by atoms with van der Waals surface area (Å²) in [4.78, 5) is 23.6. The Labute approximate surface area is 134 Å². The molecule has 1 aliphatic carbocycles. The van der Waals surface area contributed by atoms with Crippen molar-refractivity contribution in [3.63, 3.8) is 0 Å². The Morgan fingerprint density at radius 3 is 2.27 bits per heavy atom. The van der Waals surface area contributed by atoms with Gasteiger partial charge in [0, 0.05) is 0 Å². The number of unbranched alkanes of at least 4 members (excludes halogenated alkanes) is 3. The molecule has 4 heteroatoms. The maximum Gasteiger partial charge on any atom is 0.308 e. The average molecular weight is 312 g/mol.